The van der Waals surface area contributed by atoms with E-state index in [0.717, 1.165) is 32.4 Å². The van der Waals surface area contributed by atoms with Crippen molar-refractivity contribution in [1.29, 1.82) is 0 Å². The van der Waals surface area contributed by atoms with E-state index >= 15 is 0 Å². The van der Waals surface area contributed by atoms with E-state index in [1.165, 1.54) is 6.42 Å². The van der Waals surface area contributed by atoms with Gasteiger partial charge in [0.25, 0.3) is 0 Å². The minimum atomic E-state index is 0.188. The van der Waals surface area contributed by atoms with Crippen molar-refractivity contribution >= 4 is 5.78 Å². The maximum absolute atomic E-state index is 11.8. The molecule has 86 valence electrons. The Morgan fingerprint density at radius 3 is 2.47 bits per heavy atom. The topological polar surface area (TPSA) is 29.5 Å². The summed E-state index contributed by atoms with van der Waals surface area (Å²) in [6.07, 6.45) is 4.66. The summed E-state index contributed by atoms with van der Waals surface area (Å²) in [5.41, 5.74) is 0. The lowest BCUT2D eigenvalue weighted by atomic mass is 9.92. The average Bonchev–Trinajstić information content (AvgIpc) is 2.16. The number of hydrogen-bond donors (Lipinski definition) is 0. The summed E-state index contributed by atoms with van der Waals surface area (Å²) in [7, 11) is 0. The first kappa shape index (κ1) is 11.1. The molecule has 0 radical (unpaired) electrons. The fraction of sp³-hybridized carbons (Fsp3) is 0.917. The minimum Gasteiger partial charge on any atom is -0.373 e. The molecule has 0 aromatic rings. The number of hydrogen-bond acceptors (Lipinski definition) is 3. The Hall–Kier alpha value is -0.410. The monoisotopic (exact) mass is 211 g/mol. The number of rotatable bonds is 1. The van der Waals surface area contributed by atoms with Gasteiger partial charge in [-0.1, -0.05) is 6.42 Å². The average molecular weight is 211 g/mol. The van der Waals surface area contributed by atoms with Crippen molar-refractivity contribution in [3.63, 3.8) is 0 Å². The van der Waals surface area contributed by atoms with Crippen molar-refractivity contribution in [3.8, 4) is 0 Å². The summed E-state index contributed by atoms with van der Waals surface area (Å²) in [6, 6.07) is 0.188. The number of carbonyl (C=O) groups excluding carboxylic acids is 1. The first-order valence-corrected chi connectivity index (χ1v) is 6.09. The predicted octanol–water partition coefficient (Wildman–Crippen LogP) is 1.61. The fourth-order valence-electron chi connectivity index (χ4n) is 2.82. The van der Waals surface area contributed by atoms with Crippen LogP contribution in [-0.4, -0.2) is 42.0 Å². The molecule has 3 atom stereocenters. The van der Waals surface area contributed by atoms with E-state index in [2.05, 4.69) is 18.7 Å². The number of ketones is 1. The van der Waals surface area contributed by atoms with E-state index < -0.39 is 0 Å². The summed E-state index contributed by atoms with van der Waals surface area (Å²) < 4.78 is 5.69. The zero-order chi connectivity index (χ0) is 10.8. The van der Waals surface area contributed by atoms with E-state index in [9.17, 15) is 4.79 Å². The maximum Gasteiger partial charge on any atom is 0.149 e. The van der Waals surface area contributed by atoms with Crippen molar-refractivity contribution in [2.75, 3.05) is 13.1 Å². The van der Waals surface area contributed by atoms with E-state index in [4.69, 9.17) is 4.74 Å². The summed E-state index contributed by atoms with van der Waals surface area (Å²) in [5.74, 6) is 0.447. The molecule has 1 saturated carbocycles. The molecule has 1 aliphatic heterocycles. The highest BCUT2D eigenvalue weighted by molar-refractivity contribution is 5.84. The zero-order valence-corrected chi connectivity index (χ0v) is 9.74. The van der Waals surface area contributed by atoms with Crippen LogP contribution in [0.2, 0.25) is 0 Å². The number of morpholine rings is 1. The third kappa shape index (κ3) is 2.58. The Kier molecular flexibility index (Phi) is 3.42. The number of carbonyl (C=O) groups is 1. The van der Waals surface area contributed by atoms with Gasteiger partial charge < -0.3 is 4.74 Å². The van der Waals surface area contributed by atoms with Crippen LogP contribution in [0.15, 0.2) is 0 Å². The molecule has 1 aliphatic carbocycles. The lowest BCUT2D eigenvalue weighted by molar-refractivity contribution is -0.133. The lowest BCUT2D eigenvalue weighted by Gasteiger charge is -2.40. The smallest absolute Gasteiger partial charge is 0.149 e. The lowest BCUT2D eigenvalue weighted by Crippen LogP contribution is -2.53. The second kappa shape index (κ2) is 4.62. The molecule has 1 heterocycles. The van der Waals surface area contributed by atoms with Crippen LogP contribution in [0.5, 0.6) is 0 Å². The predicted molar refractivity (Wildman–Crippen MR) is 58.8 cm³/mol. The minimum absolute atomic E-state index is 0.188. The molecule has 0 amide bonds. The molecule has 0 aromatic heterocycles. The summed E-state index contributed by atoms with van der Waals surface area (Å²) >= 11 is 0. The highest BCUT2D eigenvalue weighted by Crippen LogP contribution is 2.23. The normalized spacial score (nSPS) is 39.3. The number of Topliss-reactive ketones (excluding diaryl/α,β-unsaturated/α-hetero) is 1. The molecule has 3 nitrogen and oxygen atoms in total. The van der Waals surface area contributed by atoms with Gasteiger partial charge in [0.05, 0.1) is 18.2 Å². The summed E-state index contributed by atoms with van der Waals surface area (Å²) in [6.45, 7) is 6.02. The molecule has 0 bridgehead atoms. The van der Waals surface area contributed by atoms with Gasteiger partial charge >= 0.3 is 0 Å². The largest absolute Gasteiger partial charge is 0.373 e. The number of ether oxygens (including phenoxy) is 1. The Balaban J connectivity index is 1.99. The Morgan fingerprint density at radius 2 is 1.87 bits per heavy atom. The maximum atomic E-state index is 11.8. The van der Waals surface area contributed by atoms with Gasteiger partial charge in [-0.05, 0) is 26.7 Å². The molecular weight excluding hydrogens is 190 g/mol. The Morgan fingerprint density at radius 1 is 1.20 bits per heavy atom. The van der Waals surface area contributed by atoms with Crippen LogP contribution in [0.3, 0.4) is 0 Å². The molecule has 15 heavy (non-hydrogen) atoms. The van der Waals surface area contributed by atoms with Crippen LogP contribution >= 0.6 is 0 Å². The van der Waals surface area contributed by atoms with E-state index in [0.29, 0.717) is 5.78 Å². The fourth-order valence-corrected chi connectivity index (χ4v) is 2.82. The molecule has 0 N–H and O–H groups in total. The molecule has 2 rings (SSSR count). The van der Waals surface area contributed by atoms with Crippen LogP contribution in [0, 0.1) is 0 Å². The quantitative estimate of drug-likeness (QED) is 0.660. The number of nitrogens with zero attached hydrogens (tertiary/aromatic N) is 1. The molecule has 0 aromatic carbocycles. The standard InChI is InChI=1S/C12H21NO2/c1-9-7-13(8-10(2)15-9)11-5-3-4-6-12(11)14/h9-11H,3-8H2,1-2H3. The molecule has 3 heteroatoms. The summed E-state index contributed by atoms with van der Waals surface area (Å²) in [4.78, 5) is 14.2. The first-order chi connectivity index (χ1) is 7.16. The van der Waals surface area contributed by atoms with Crippen molar-refractivity contribution in [1.82, 2.24) is 4.90 Å². The molecule has 2 fully saturated rings. The zero-order valence-electron chi connectivity index (χ0n) is 9.74. The van der Waals surface area contributed by atoms with E-state index in [1.807, 2.05) is 0 Å². The molecule has 3 unspecified atom stereocenters. The van der Waals surface area contributed by atoms with Crippen LogP contribution in [-0.2, 0) is 9.53 Å². The summed E-state index contributed by atoms with van der Waals surface area (Å²) in [5, 5.41) is 0. The highest BCUT2D eigenvalue weighted by Gasteiger charge is 2.32. The van der Waals surface area contributed by atoms with E-state index in [-0.39, 0.29) is 18.2 Å². The van der Waals surface area contributed by atoms with Gasteiger partial charge in [-0.2, -0.15) is 0 Å². The second-order valence-corrected chi connectivity index (χ2v) is 4.94. The van der Waals surface area contributed by atoms with Crippen molar-refractivity contribution in [2.24, 2.45) is 0 Å². The third-order valence-corrected chi connectivity index (χ3v) is 3.41. The van der Waals surface area contributed by atoms with E-state index in [1.54, 1.807) is 0 Å². The van der Waals surface area contributed by atoms with Gasteiger partial charge in [-0.3, -0.25) is 9.69 Å². The van der Waals surface area contributed by atoms with Gasteiger partial charge in [0.2, 0.25) is 0 Å². The van der Waals surface area contributed by atoms with Gasteiger partial charge in [-0.15, -0.1) is 0 Å². The van der Waals surface area contributed by atoms with Gasteiger partial charge in [-0.25, -0.2) is 0 Å². The Labute approximate surface area is 91.8 Å². The SMILES string of the molecule is CC1CN(C2CCCCC2=O)CC(C)O1. The van der Waals surface area contributed by atoms with Gasteiger partial charge in [0.1, 0.15) is 5.78 Å². The van der Waals surface area contributed by atoms with Gasteiger partial charge in [0.15, 0.2) is 0 Å². The molecule has 2 aliphatic rings. The third-order valence-electron chi connectivity index (χ3n) is 3.41. The first-order valence-electron chi connectivity index (χ1n) is 6.09. The van der Waals surface area contributed by atoms with Crippen molar-refractivity contribution in [2.45, 2.75) is 57.8 Å². The molecule has 0 spiro atoms. The van der Waals surface area contributed by atoms with Crippen LogP contribution in [0.4, 0.5) is 0 Å². The molecule has 1 saturated heterocycles. The highest BCUT2D eigenvalue weighted by atomic mass is 16.5. The van der Waals surface area contributed by atoms with Gasteiger partial charge in [0, 0.05) is 19.5 Å². The van der Waals surface area contributed by atoms with Crippen molar-refractivity contribution < 1.29 is 9.53 Å². The van der Waals surface area contributed by atoms with Crippen LogP contribution in [0.25, 0.3) is 0 Å². The second-order valence-electron chi connectivity index (χ2n) is 4.94. The van der Waals surface area contributed by atoms with Crippen molar-refractivity contribution in [3.05, 3.63) is 0 Å². The van der Waals surface area contributed by atoms with Crippen LogP contribution < -0.4 is 0 Å². The Bertz CT molecular complexity index is 232. The van der Waals surface area contributed by atoms with Crippen LogP contribution in [0.1, 0.15) is 39.5 Å². The molecular formula is C12H21NO2.